The quantitative estimate of drug-likeness (QED) is 0.453. The van der Waals surface area contributed by atoms with Crippen molar-refractivity contribution in [2.75, 3.05) is 10.6 Å². The van der Waals surface area contributed by atoms with E-state index in [9.17, 15) is 22.8 Å². The van der Waals surface area contributed by atoms with Crippen molar-refractivity contribution >= 4 is 57.7 Å². The van der Waals surface area contributed by atoms with Crippen LogP contribution in [0.4, 0.5) is 29.3 Å². The van der Waals surface area contributed by atoms with Gasteiger partial charge in [-0.2, -0.15) is 0 Å². The number of carbonyl (C=O) groups excluding carboxylic acids is 2. The van der Waals surface area contributed by atoms with E-state index in [4.69, 9.17) is 23.2 Å². The van der Waals surface area contributed by atoms with Crippen molar-refractivity contribution in [3.8, 4) is 5.75 Å². The minimum atomic E-state index is -4.92. The maximum atomic E-state index is 12.3. The first-order valence-corrected chi connectivity index (χ1v) is 8.72. The summed E-state index contributed by atoms with van der Waals surface area (Å²) in [5.41, 5.74) is 0.360. The molecule has 3 aromatic rings. The van der Waals surface area contributed by atoms with Gasteiger partial charge in [0.15, 0.2) is 6.29 Å². The van der Waals surface area contributed by atoms with Crippen molar-refractivity contribution in [2.24, 2.45) is 0 Å². The van der Waals surface area contributed by atoms with Crippen LogP contribution in [0.15, 0.2) is 48.5 Å². The second-order valence-corrected chi connectivity index (χ2v) is 6.61. The van der Waals surface area contributed by atoms with Crippen LogP contribution in [0.3, 0.4) is 0 Å². The molecule has 0 bridgehead atoms. The second-order valence-electron chi connectivity index (χ2n) is 5.79. The van der Waals surface area contributed by atoms with Crippen molar-refractivity contribution in [1.29, 1.82) is 0 Å². The fourth-order valence-corrected chi connectivity index (χ4v) is 3.15. The molecule has 5 nitrogen and oxygen atoms in total. The Labute approximate surface area is 172 Å². The number of carbonyl (C=O) groups is 2. The van der Waals surface area contributed by atoms with E-state index in [0.717, 1.165) is 22.9 Å². The first-order valence-electron chi connectivity index (χ1n) is 7.97. The Morgan fingerprint density at radius 2 is 1.55 bits per heavy atom. The van der Waals surface area contributed by atoms with Crippen LogP contribution < -0.4 is 15.4 Å². The zero-order chi connectivity index (χ0) is 21.2. The van der Waals surface area contributed by atoms with Gasteiger partial charge in [0.05, 0.1) is 21.4 Å². The summed E-state index contributed by atoms with van der Waals surface area (Å²) >= 11 is 11.8. The Kier molecular flexibility index (Phi) is 5.86. The van der Waals surface area contributed by atoms with Crippen LogP contribution >= 0.6 is 23.2 Å². The van der Waals surface area contributed by atoms with Gasteiger partial charge in [-0.05, 0) is 22.9 Å². The van der Waals surface area contributed by atoms with Crippen molar-refractivity contribution < 1.29 is 27.5 Å². The topological polar surface area (TPSA) is 67.4 Å². The van der Waals surface area contributed by atoms with Gasteiger partial charge in [0.1, 0.15) is 5.75 Å². The Balaban J connectivity index is 1.82. The molecule has 0 aliphatic heterocycles. The summed E-state index contributed by atoms with van der Waals surface area (Å²) < 4.78 is 40.7. The van der Waals surface area contributed by atoms with E-state index in [0.29, 0.717) is 6.29 Å². The lowest BCUT2D eigenvalue weighted by Crippen LogP contribution is -2.21. The number of rotatable bonds is 4. The molecule has 10 heteroatoms. The van der Waals surface area contributed by atoms with Crippen LogP contribution in [0.2, 0.25) is 10.0 Å². The highest BCUT2D eigenvalue weighted by molar-refractivity contribution is 6.40. The number of nitrogens with one attached hydrogen (secondary N) is 2. The SMILES string of the molecule is O=Cc1cc2ccccc2cc1NC(=O)Nc1c(Cl)cc(OC(F)(F)F)cc1Cl. The average molecular weight is 443 g/mol. The van der Waals surface area contributed by atoms with E-state index >= 15 is 0 Å². The molecule has 0 aliphatic rings. The molecule has 3 rings (SSSR count). The molecule has 2 amide bonds. The van der Waals surface area contributed by atoms with Crippen LogP contribution in [-0.4, -0.2) is 18.7 Å². The summed E-state index contributed by atoms with van der Waals surface area (Å²) in [4.78, 5) is 23.7. The average Bonchev–Trinajstić information content (AvgIpc) is 2.62. The first-order chi connectivity index (χ1) is 13.7. The van der Waals surface area contributed by atoms with Crippen LogP contribution in [0.1, 0.15) is 10.4 Å². The molecule has 150 valence electrons. The fraction of sp³-hybridized carbons (Fsp3) is 0.0526. The number of amides is 2. The maximum absolute atomic E-state index is 12.3. The van der Waals surface area contributed by atoms with E-state index in [-0.39, 0.29) is 27.0 Å². The van der Waals surface area contributed by atoms with Gasteiger partial charge in [-0.1, -0.05) is 47.5 Å². The number of urea groups is 1. The van der Waals surface area contributed by atoms with Crippen LogP contribution in [-0.2, 0) is 0 Å². The summed E-state index contributed by atoms with van der Waals surface area (Å²) in [7, 11) is 0. The molecule has 29 heavy (non-hydrogen) atoms. The van der Waals surface area contributed by atoms with Gasteiger partial charge in [-0.3, -0.25) is 4.79 Å². The third-order valence-electron chi connectivity index (χ3n) is 3.78. The highest BCUT2D eigenvalue weighted by atomic mass is 35.5. The van der Waals surface area contributed by atoms with E-state index < -0.39 is 18.1 Å². The van der Waals surface area contributed by atoms with Crippen LogP contribution in [0.5, 0.6) is 5.75 Å². The summed E-state index contributed by atoms with van der Waals surface area (Å²) in [6.07, 6.45) is -4.33. The lowest BCUT2D eigenvalue weighted by molar-refractivity contribution is -0.274. The summed E-state index contributed by atoms with van der Waals surface area (Å²) in [6.45, 7) is 0. The minimum Gasteiger partial charge on any atom is -0.406 e. The minimum absolute atomic E-state index is 0.117. The Hall–Kier alpha value is -2.97. The van der Waals surface area contributed by atoms with Crippen molar-refractivity contribution in [3.05, 3.63) is 64.1 Å². The van der Waals surface area contributed by atoms with Gasteiger partial charge in [0, 0.05) is 17.7 Å². The molecule has 0 radical (unpaired) electrons. The number of hydrogen-bond donors (Lipinski definition) is 2. The molecule has 0 saturated carbocycles. The number of ether oxygens (including phenoxy) is 1. The van der Waals surface area contributed by atoms with Gasteiger partial charge < -0.3 is 15.4 Å². The predicted octanol–water partition coefficient (Wildman–Crippen LogP) is 6.50. The fourth-order valence-electron chi connectivity index (χ4n) is 2.59. The summed E-state index contributed by atoms with van der Waals surface area (Å²) in [5.74, 6) is -0.628. The normalized spacial score (nSPS) is 11.2. The standard InChI is InChI=1S/C19H11Cl2F3N2O3/c20-14-7-13(29-19(22,23)24)8-15(21)17(14)26-18(28)25-16-6-11-4-2-1-3-10(11)5-12(16)9-27/h1-9H,(H2,25,26,28). The number of benzene rings is 3. The van der Waals surface area contributed by atoms with E-state index in [2.05, 4.69) is 15.4 Å². The first kappa shape index (κ1) is 20.8. The number of hydrogen-bond acceptors (Lipinski definition) is 3. The molecule has 0 unspecified atom stereocenters. The van der Waals surface area contributed by atoms with Crippen LogP contribution in [0.25, 0.3) is 10.8 Å². The maximum Gasteiger partial charge on any atom is 0.573 e. The number of fused-ring (bicyclic) bond motifs is 1. The van der Waals surface area contributed by atoms with Gasteiger partial charge in [-0.25, -0.2) is 4.79 Å². The van der Waals surface area contributed by atoms with E-state index in [1.54, 1.807) is 24.3 Å². The largest absolute Gasteiger partial charge is 0.573 e. The lowest BCUT2D eigenvalue weighted by Gasteiger charge is -2.15. The van der Waals surface area contributed by atoms with Gasteiger partial charge in [0.2, 0.25) is 0 Å². The smallest absolute Gasteiger partial charge is 0.406 e. The Morgan fingerprint density at radius 1 is 0.966 bits per heavy atom. The number of aldehydes is 1. The number of halogens is 5. The molecule has 0 fully saturated rings. The zero-order valence-electron chi connectivity index (χ0n) is 14.3. The van der Waals surface area contributed by atoms with Crippen molar-refractivity contribution in [1.82, 2.24) is 0 Å². The molecule has 3 aromatic carbocycles. The predicted molar refractivity (Wildman–Crippen MR) is 105 cm³/mol. The molecule has 0 atom stereocenters. The molecule has 0 saturated heterocycles. The molecule has 0 aliphatic carbocycles. The zero-order valence-corrected chi connectivity index (χ0v) is 15.8. The highest BCUT2D eigenvalue weighted by Gasteiger charge is 2.31. The third-order valence-corrected chi connectivity index (χ3v) is 4.38. The molecular formula is C19H11Cl2F3N2O3. The molecule has 0 heterocycles. The van der Waals surface area contributed by atoms with Crippen LogP contribution in [0, 0.1) is 0 Å². The monoisotopic (exact) mass is 442 g/mol. The molecule has 2 N–H and O–H groups in total. The van der Waals surface area contributed by atoms with Crippen molar-refractivity contribution in [2.45, 2.75) is 6.36 Å². The van der Waals surface area contributed by atoms with Crippen molar-refractivity contribution in [3.63, 3.8) is 0 Å². The lowest BCUT2D eigenvalue weighted by atomic mass is 10.1. The summed E-state index contributed by atoms with van der Waals surface area (Å²) in [6, 6.07) is 11.4. The van der Waals surface area contributed by atoms with Gasteiger partial charge in [0.25, 0.3) is 0 Å². The number of anilines is 2. The summed E-state index contributed by atoms with van der Waals surface area (Å²) in [5, 5.41) is 5.93. The highest BCUT2D eigenvalue weighted by Crippen LogP contribution is 2.37. The van der Waals surface area contributed by atoms with E-state index in [1.165, 1.54) is 0 Å². The second kappa shape index (κ2) is 8.18. The Bertz CT molecular complexity index is 1080. The molecule has 0 aromatic heterocycles. The Morgan fingerprint density at radius 3 is 2.10 bits per heavy atom. The van der Waals surface area contributed by atoms with Gasteiger partial charge >= 0.3 is 12.4 Å². The number of alkyl halides is 3. The molecule has 0 spiro atoms. The third kappa shape index (κ3) is 5.10. The van der Waals surface area contributed by atoms with E-state index in [1.807, 2.05) is 12.1 Å². The van der Waals surface area contributed by atoms with Gasteiger partial charge in [-0.15, -0.1) is 13.2 Å². The molecular weight excluding hydrogens is 432 g/mol.